The summed E-state index contributed by atoms with van der Waals surface area (Å²) in [7, 11) is 0. The highest BCUT2D eigenvalue weighted by Crippen LogP contribution is 2.25. The third-order valence-electron chi connectivity index (χ3n) is 1.91. The van der Waals surface area contributed by atoms with E-state index in [0.717, 1.165) is 16.7 Å². The molecule has 1 rings (SSSR count). The van der Waals surface area contributed by atoms with Gasteiger partial charge in [-0.15, -0.1) is 0 Å². The van der Waals surface area contributed by atoms with Crippen molar-refractivity contribution in [1.29, 1.82) is 0 Å². The molecule has 2 nitrogen and oxygen atoms in total. The van der Waals surface area contributed by atoms with E-state index in [9.17, 15) is 0 Å². The molecule has 12 heavy (non-hydrogen) atoms. The number of halogens is 1. The van der Waals surface area contributed by atoms with Gasteiger partial charge in [-0.1, -0.05) is 19.8 Å². The SMILES string of the molecule is CCCCC(N)c1ccoc1Br. The second-order valence-corrected chi connectivity index (χ2v) is 3.62. The Morgan fingerprint density at radius 3 is 2.92 bits per heavy atom. The lowest BCUT2D eigenvalue weighted by molar-refractivity contribution is 0.523. The molecule has 0 saturated carbocycles. The van der Waals surface area contributed by atoms with E-state index in [2.05, 4.69) is 22.9 Å². The van der Waals surface area contributed by atoms with Gasteiger partial charge in [0.25, 0.3) is 0 Å². The van der Waals surface area contributed by atoms with Crippen LogP contribution in [0.3, 0.4) is 0 Å². The van der Waals surface area contributed by atoms with Crippen molar-refractivity contribution in [2.24, 2.45) is 5.73 Å². The summed E-state index contributed by atoms with van der Waals surface area (Å²) >= 11 is 3.31. The minimum absolute atomic E-state index is 0.109. The monoisotopic (exact) mass is 231 g/mol. The molecule has 1 aromatic rings. The zero-order valence-electron chi connectivity index (χ0n) is 7.22. The first-order valence-corrected chi connectivity index (χ1v) is 5.03. The Morgan fingerprint density at radius 1 is 1.67 bits per heavy atom. The first kappa shape index (κ1) is 9.81. The van der Waals surface area contributed by atoms with Gasteiger partial charge in [-0.05, 0) is 28.4 Å². The van der Waals surface area contributed by atoms with Gasteiger partial charge in [-0.2, -0.15) is 0 Å². The molecule has 1 heterocycles. The number of furan rings is 1. The maximum atomic E-state index is 5.94. The molecule has 3 heteroatoms. The number of hydrogen-bond donors (Lipinski definition) is 1. The molecular weight excluding hydrogens is 218 g/mol. The van der Waals surface area contributed by atoms with Gasteiger partial charge < -0.3 is 10.2 Å². The molecule has 0 saturated heterocycles. The quantitative estimate of drug-likeness (QED) is 0.865. The third kappa shape index (κ3) is 2.35. The number of hydrogen-bond acceptors (Lipinski definition) is 2. The van der Waals surface area contributed by atoms with Crippen molar-refractivity contribution in [1.82, 2.24) is 0 Å². The Balaban J connectivity index is 2.52. The van der Waals surface area contributed by atoms with Gasteiger partial charge in [0.1, 0.15) is 0 Å². The normalized spacial score (nSPS) is 13.2. The Kier molecular flexibility index (Phi) is 3.82. The fourth-order valence-corrected chi connectivity index (χ4v) is 1.68. The Labute approximate surface area is 81.3 Å². The predicted octanol–water partition coefficient (Wildman–Crippen LogP) is 3.23. The molecule has 1 aromatic heterocycles. The summed E-state index contributed by atoms with van der Waals surface area (Å²) in [5, 5.41) is 0. The van der Waals surface area contributed by atoms with E-state index in [0.29, 0.717) is 0 Å². The molecule has 1 atom stereocenters. The standard InChI is InChI=1S/C9H14BrNO/c1-2-3-4-8(11)7-5-6-12-9(7)10/h5-6,8H,2-4,11H2,1H3. The summed E-state index contributed by atoms with van der Waals surface area (Å²) in [4.78, 5) is 0. The summed E-state index contributed by atoms with van der Waals surface area (Å²) in [5.74, 6) is 0. The van der Waals surface area contributed by atoms with Crippen LogP contribution in [0.4, 0.5) is 0 Å². The summed E-state index contributed by atoms with van der Waals surface area (Å²) in [6, 6.07) is 2.03. The van der Waals surface area contributed by atoms with Crippen molar-refractivity contribution in [2.45, 2.75) is 32.2 Å². The molecular formula is C9H14BrNO. The molecule has 68 valence electrons. The molecule has 0 fully saturated rings. The Bertz CT molecular complexity index is 234. The van der Waals surface area contributed by atoms with E-state index in [4.69, 9.17) is 10.2 Å². The van der Waals surface area contributed by atoms with Crippen LogP contribution in [-0.4, -0.2) is 0 Å². The molecule has 0 spiro atoms. The summed E-state index contributed by atoms with van der Waals surface area (Å²) in [5.41, 5.74) is 7.01. The summed E-state index contributed by atoms with van der Waals surface area (Å²) < 4.78 is 5.87. The van der Waals surface area contributed by atoms with Gasteiger partial charge in [0.05, 0.1) is 6.26 Å². The van der Waals surface area contributed by atoms with Crippen molar-refractivity contribution in [3.8, 4) is 0 Å². The predicted molar refractivity (Wildman–Crippen MR) is 52.9 cm³/mol. The number of unbranched alkanes of at least 4 members (excludes halogenated alkanes) is 1. The van der Waals surface area contributed by atoms with Crippen molar-refractivity contribution in [3.63, 3.8) is 0 Å². The fraction of sp³-hybridized carbons (Fsp3) is 0.556. The Morgan fingerprint density at radius 2 is 2.42 bits per heavy atom. The molecule has 1 unspecified atom stereocenters. The molecule has 0 aliphatic heterocycles. The van der Waals surface area contributed by atoms with E-state index in [1.807, 2.05) is 6.07 Å². The molecule has 0 radical (unpaired) electrons. The van der Waals surface area contributed by atoms with Crippen molar-refractivity contribution in [3.05, 3.63) is 22.6 Å². The first-order valence-electron chi connectivity index (χ1n) is 4.24. The minimum atomic E-state index is 0.109. The number of nitrogens with two attached hydrogens (primary N) is 1. The van der Waals surface area contributed by atoms with E-state index < -0.39 is 0 Å². The second kappa shape index (κ2) is 4.67. The lowest BCUT2D eigenvalue weighted by atomic mass is 10.1. The zero-order chi connectivity index (χ0) is 8.97. The van der Waals surface area contributed by atoms with E-state index in [1.165, 1.54) is 12.8 Å². The Hall–Kier alpha value is -0.280. The van der Waals surface area contributed by atoms with Gasteiger partial charge in [0, 0.05) is 11.6 Å². The summed E-state index contributed by atoms with van der Waals surface area (Å²) in [6.07, 6.45) is 5.03. The largest absolute Gasteiger partial charge is 0.457 e. The molecule has 0 bridgehead atoms. The van der Waals surface area contributed by atoms with Gasteiger partial charge >= 0.3 is 0 Å². The van der Waals surface area contributed by atoms with Crippen LogP contribution in [0.5, 0.6) is 0 Å². The first-order chi connectivity index (χ1) is 5.75. The second-order valence-electron chi connectivity index (χ2n) is 2.90. The van der Waals surface area contributed by atoms with Crippen molar-refractivity contribution < 1.29 is 4.42 Å². The van der Waals surface area contributed by atoms with Crippen LogP contribution >= 0.6 is 15.9 Å². The van der Waals surface area contributed by atoms with Gasteiger partial charge in [0.15, 0.2) is 4.67 Å². The average Bonchev–Trinajstić information content (AvgIpc) is 2.47. The lowest BCUT2D eigenvalue weighted by Gasteiger charge is -2.08. The fourth-order valence-electron chi connectivity index (χ4n) is 1.15. The molecule has 0 amide bonds. The van der Waals surface area contributed by atoms with Crippen LogP contribution in [0.25, 0.3) is 0 Å². The van der Waals surface area contributed by atoms with Crippen LogP contribution in [0.15, 0.2) is 21.4 Å². The maximum Gasteiger partial charge on any atom is 0.173 e. The molecule has 0 aliphatic rings. The van der Waals surface area contributed by atoms with Crippen LogP contribution in [0.2, 0.25) is 0 Å². The molecule has 2 N–H and O–H groups in total. The highest BCUT2D eigenvalue weighted by molar-refractivity contribution is 9.10. The zero-order valence-corrected chi connectivity index (χ0v) is 8.80. The van der Waals surface area contributed by atoms with Crippen LogP contribution in [0, 0.1) is 0 Å². The third-order valence-corrected chi connectivity index (χ3v) is 2.56. The maximum absolute atomic E-state index is 5.94. The van der Waals surface area contributed by atoms with E-state index >= 15 is 0 Å². The highest BCUT2D eigenvalue weighted by Gasteiger charge is 2.10. The van der Waals surface area contributed by atoms with Crippen LogP contribution < -0.4 is 5.73 Å². The average molecular weight is 232 g/mol. The molecule has 0 aliphatic carbocycles. The smallest absolute Gasteiger partial charge is 0.173 e. The summed E-state index contributed by atoms with van der Waals surface area (Å²) in [6.45, 7) is 2.16. The number of rotatable bonds is 4. The van der Waals surface area contributed by atoms with Crippen molar-refractivity contribution in [2.75, 3.05) is 0 Å². The van der Waals surface area contributed by atoms with Crippen LogP contribution in [0.1, 0.15) is 37.8 Å². The van der Waals surface area contributed by atoms with Gasteiger partial charge in [-0.3, -0.25) is 0 Å². The molecule has 0 aromatic carbocycles. The van der Waals surface area contributed by atoms with Crippen molar-refractivity contribution >= 4 is 15.9 Å². The van der Waals surface area contributed by atoms with Gasteiger partial charge in [-0.25, -0.2) is 0 Å². The van der Waals surface area contributed by atoms with E-state index in [1.54, 1.807) is 6.26 Å². The van der Waals surface area contributed by atoms with E-state index in [-0.39, 0.29) is 6.04 Å². The minimum Gasteiger partial charge on any atom is -0.457 e. The van der Waals surface area contributed by atoms with Crippen LogP contribution in [-0.2, 0) is 0 Å². The lowest BCUT2D eigenvalue weighted by Crippen LogP contribution is -2.09. The van der Waals surface area contributed by atoms with Gasteiger partial charge in [0.2, 0.25) is 0 Å². The highest BCUT2D eigenvalue weighted by atomic mass is 79.9. The topological polar surface area (TPSA) is 39.2 Å².